The van der Waals surface area contributed by atoms with Crippen LogP contribution in [0.2, 0.25) is 5.02 Å². The van der Waals surface area contributed by atoms with Gasteiger partial charge in [0.2, 0.25) is 0 Å². The third kappa shape index (κ3) is 3.99. The van der Waals surface area contributed by atoms with Gasteiger partial charge in [-0.3, -0.25) is 10.1 Å². The van der Waals surface area contributed by atoms with E-state index in [0.29, 0.717) is 18.2 Å². The molecule has 0 aliphatic rings. The van der Waals surface area contributed by atoms with Gasteiger partial charge in [-0.1, -0.05) is 30.7 Å². The quantitative estimate of drug-likeness (QED) is 0.654. The summed E-state index contributed by atoms with van der Waals surface area (Å²) >= 11 is 5.79. The van der Waals surface area contributed by atoms with Crippen molar-refractivity contribution in [3.63, 3.8) is 0 Å². The Balaban J connectivity index is 2.14. The summed E-state index contributed by atoms with van der Waals surface area (Å²) in [4.78, 5) is 10.4. The number of benzene rings is 1. The molecule has 112 valence electrons. The predicted octanol–water partition coefficient (Wildman–Crippen LogP) is 2.57. The Hall–Kier alpha value is -1.99. The number of aromatic nitrogens is 3. The zero-order valence-corrected chi connectivity index (χ0v) is 12.5. The minimum Gasteiger partial charge on any atom is -0.311 e. The smallest absolute Gasteiger partial charge is 0.290 e. The fourth-order valence-corrected chi connectivity index (χ4v) is 1.96. The fraction of sp³-hybridized carbons (Fsp3) is 0.385. The van der Waals surface area contributed by atoms with Crippen LogP contribution in [-0.2, 0) is 6.54 Å². The highest BCUT2D eigenvalue weighted by Crippen LogP contribution is 2.26. The average molecular weight is 310 g/mol. The van der Waals surface area contributed by atoms with Crippen LogP contribution in [0.3, 0.4) is 0 Å². The summed E-state index contributed by atoms with van der Waals surface area (Å²) in [5.41, 5.74) is 1.17. The third-order valence-electron chi connectivity index (χ3n) is 2.79. The van der Waals surface area contributed by atoms with Gasteiger partial charge in [-0.25, -0.2) is 4.68 Å². The molecule has 1 aromatic heterocycles. The van der Waals surface area contributed by atoms with Gasteiger partial charge >= 0.3 is 0 Å². The number of nitro benzene ring substituents is 1. The first-order chi connectivity index (χ1) is 9.97. The number of rotatable bonds is 6. The molecule has 7 nitrogen and oxygen atoms in total. The molecule has 0 unspecified atom stereocenters. The van der Waals surface area contributed by atoms with Crippen LogP contribution in [0.5, 0.6) is 0 Å². The van der Waals surface area contributed by atoms with Gasteiger partial charge < -0.3 is 5.32 Å². The Kier molecular flexibility index (Phi) is 4.87. The molecule has 0 radical (unpaired) electrons. The molecule has 0 spiro atoms. The third-order valence-corrected chi connectivity index (χ3v) is 3.11. The van der Waals surface area contributed by atoms with Gasteiger partial charge in [0.25, 0.3) is 5.69 Å². The average Bonchev–Trinajstić information content (AvgIpc) is 2.87. The summed E-state index contributed by atoms with van der Waals surface area (Å²) < 4.78 is 1.50. The van der Waals surface area contributed by atoms with Gasteiger partial charge in [-0.2, -0.15) is 0 Å². The first-order valence-corrected chi connectivity index (χ1v) is 6.91. The second-order valence-corrected chi connectivity index (χ2v) is 5.48. The maximum absolute atomic E-state index is 10.9. The van der Waals surface area contributed by atoms with Crippen molar-refractivity contribution in [1.29, 1.82) is 0 Å². The normalized spacial score (nSPS) is 11.0. The highest BCUT2D eigenvalue weighted by atomic mass is 35.5. The van der Waals surface area contributed by atoms with E-state index in [2.05, 4.69) is 29.5 Å². The van der Waals surface area contributed by atoms with Crippen molar-refractivity contribution in [2.45, 2.75) is 20.4 Å². The maximum Gasteiger partial charge on any atom is 0.290 e. The summed E-state index contributed by atoms with van der Waals surface area (Å²) in [7, 11) is 0. The number of hydrogen-bond donors (Lipinski definition) is 1. The van der Waals surface area contributed by atoms with E-state index in [4.69, 9.17) is 11.6 Å². The second kappa shape index (κ2) is 6.64. The fourth-order valence-electron chi connectivity index (χ4n) is 1.78. The highest BCUT2D eigenvalue weighted by molar-refractivity contribution is 6.32. The number of nitrogens with one attached hydrogen (secondary N) is 1. The van der Waals surface area contributed by atoms with Gasteiger partial charge in [0.05, 0.1) is 22.5 Å². The first kappa shape index (κ1) is 15.4. The topological polar surface area (TPSA) is 85.9 Å². The van der Waals surface area contributed by atoms with Crippen LogP contribution >= 0.6 is 11.6 Å². The van der Waals surface area contributed by atoms with Crippen LogP contribution in [0.4, 0.5) is 5.69 Å². The molecule has 0 amide bonds. The molecule has 2 aromatic rings. The molecular formula is C13H16ClN5O2. The molecule has 1 aromatic carbocycles. The summed E-state index contributed by atoms with van der Waals surface area (Å²) in [6, 6.07) is 4.52. The molecule has 0 bridgehead atoms. The van der Waals surface area contributed by atoms with Gasteiger partial charge in [0.15, 0.2) is 0 Å². The van der Waals surface area contributed by atoms with Crippen LogP contribution in [0, 0.1) is 16.0 Å². The van der Waals surface area contributed by atoms with E-state index in [-0.39, 0.29) is 10.7 Å². The van der Waals surface area contributed by atoms with E-state index < -0.39 is 4.92 Å². The maximum atomic E-state index is 10.9. The van der Waals surface area contributed by atoms with E-state index in [1.54, 1.807) is 12.3 Å². The van der Waals surface area contributed by atoms with E-state index in [1.165, 1.54) is 16.8 Å². The van der Waals surface area contributed by atoms with Crippen molar-refractivity contribution in [3.8, 4) is 5.69 Å². The lowest BCUT2D eigenvalue weighted by atomic mass is 10.2. The lowest BCUT2D eigenvalue weighted by molar-refractivity contribution is -0.384. The number of hydrogen-bond acceptors (Lipinski definition) is 5. The molecule has 0 saturated heterocycles. The lowest BCUT2D eigenvalue weighted by Gasteiger charge is -2.04. The molecular weight excluding hydrogens is 294 g/mol. The lowest BCUT2D eigenvalue weighted by Crippen LogP contribution is -2.19. The molecule has 0 aliphatic heterocycles. The zero-order valence-electron chi connectivity index (χ0n) is 11.8. The van der Waals surface area contributed by atoms with Crippen molar-refractivity contribution in [1.82, 2.24) is 20.3 Å². The first-order valence-electron chi connectivity index (χ1n) is 6.53. The minimum absolute atomic E-state index is 0.0997. The van der Waals surface area contributed by atoms with Crippen LogP contribution in [0.1, 0.15) is 19.5 Å². The van der Waals surface area contributed by atoms with Crippen LogP contribution < -0.4 is 5.32 Å². The predicted molar refractivity (Wildman–Crippen MR) is 79.6 cm³/mol. The molecule has 0 aliphatic carbocycles. The van der Waals surface area contributed by atoms with Crippen LogP contribution in [-0.4, -0.2) is 26.5 Å². The summed E-state index contributed by atoms with van der Waals surface area (Å²) in [5, 5.41) is 22.2. The van der Waals surface area contributed by atoms with Crippen molar-refractivity contribution in [2.24, 2.45) is 5.92 Å². The highest BCUT2D eigenvalue weighted by Gasteiger charge is 2.14. The van der Waals surface area contributed by atoms with Gasteiger partial charge in [0, 0.05) is 12.6 Å². The largest absolute Gasteiger partial charge is 0.311 e. The van der Waals surface area contributed by atoms with Gasteiger partial charge in [-0.15, -0.1) is 5.10 Å². The number of nitro groups is 1. The van der Waals surface area contributed by atoms with E-state index in [0.717, 1.165) is 12.2 Å². The van der Waals surface area contributed by atoms with Crippen molar-refractivity contribution >= 4 is 17.3 Å². The van der Waals surface area contributed by atoms with E-state index >= 15 is 0 Å². The van der Waals surface area contributed by atoms with Crippen LogP contribution in [0.15, 0.2) is 24.4 Å². The van der Waals surface area contributed by atoms with E-state index in [9.17, 15) is 10.1 Å². The number of nitrogens with zero attached hydrogens (tertiary/aromatic N) is 4. The second-order valence-electron chi connectivity index (χ2n) is 5.07. The molecule has 2 rings (SSSR count). The number of halogens is 1. The Morgan fingerprint density at radius 3 is 2.90 bits per heavy atom. The monoisotopic (exact) mass is 309 g/mol. The van der Waals surface area contributed by atoms with E-state index in [1.807, 2.05) is 0 Å². The van der Waals surface area contributed by atoms with Crippen molar-refractivity contribution < 1.29 is 4.92 Å². The van der Waals surface area contributed by atoms with Gasteiger partial charge in [0.1, 0.15) is 5.02 Å². The zero-order chi connectivity index (χ0) is 15.4. The summed E-state index contributed by atoms with van der Waals surface area (Å²) in [6.45, 7) is 5.74. The minimum atomic E-state index is -0.520. The van der Waals surface area contributed by atoms with Gasteiger partial charge in [-0.05, 0) is 24.6 Å². The van der Waals surface area contributed by atoms with Crippen molar-refractivity contribution in [3.05, 3.63) is 45.2 Å². The molecule has 0 saturated carbocycles. The SMILES string of the molecule is CC(C)CNCc1cn(-c2ccc(Cl)c([N+](=O)[O-])c2)nn1. The standard InChI is InChI=1S/C13H16ClN5O2/c1-9(2)6-15-7-10-8-18(17-16-10)11-3-4-12(14)13(5-11)19(20)21/h3-5,8-9,15H,6-7H2,1-2H3. The molecule has 0 atom stereocenters. The summed E-state index contributed by atoms with van der Waals surface area (Å²) in [6.07, 6.45) is 1.74. The molecule has 8 heteroatoms. The Morgan fingerprint density at radius 1 is 1.48 bits per heavy atom. The van der Waals surface area contributed by atoms with Crippen molar-refractivity contribution in [2.75, 3.05) is 6.54 Å². The molecule has 1 N–H and O–H groups in total. The van der Waals surface area contributed by atoms with Crippen LogP contribution in [0.25, 0.3) is 5.69 Å². The Morgan fingerprint density at radius 2 is 2.24 bits per heavy atom. The molecule has 1 heterocycles. The molecule has 21 heavy (non-hydrogen) atoms. The molecule has 0 fully saturated rings. The Bertz CT molecular complexity index is 641. The Labute approximate surface area is 127 Å². The summed E-state index contributed by atoms with van der Waals surface area (Å²) in [5.74, 6) is 0.555.